The summed E-state index contributed by atoms with van der Waals surface area (Å²) in [4.78, 5) is 17.4. The number of methoxy groups -OCH3 is 2. The predicted octanol–water partition coefficient (Wildman–Crippen LogP) is 2.83. The summed E-state index contributed by atoms with van der Waals surface area (Å²) in [6, 6.07) is 7.00. The Bertz CT molecular complexity index is 656. The van der Waals surface area contributed by atoms with E-state index in [1.807, 2.05) is 23.1 Å². The number of carbonyl (C=O) groups excluding carboxylic acids is 1. The molecule has 1 amide bonds. The van der Waals surface area contributed by atoms with Crippen molar-refractivity contribution in [2.24, 2.45) is 0 Å². The highest BCUT2D eigenvalue weighted by atomic mass is 16.5. The van der Waals surface area contributed by atoms with Crippen LogP contribution in [0, 0.1) is 0 Å². The molecule has 0 radical (unpaired) electrons. The maximum absolute atomic E-state index is 13.1. The fraction of sp³-hybridized carbons (Fsp3) is 0.682. The van der Waals surface area contributed by atoms with Crippen molar-refractivity contribution in [2.75, 3.05) is 40.4 Å². The second kappa shape index (κ2) is 9.61. The van der Waals surface area contributed by atoms with Crippen molar-refractivity contribution >= 4 is 5.91 Å². The van der Waals surface area contributed by atoms with Crippen LogP contribution in [0.5, 0.6) is 11.5 Å². The molecule has 1 aromatic carbocycles. The molecule has 1 N–H and O–H groups in total. The van der Waals surface area contributed by atoms with Crippen molar-refractivity contribution in [2.45, 2.75) is 57.7 Å². The Hall–Kier alpha value is -1.79. The number of nitrogens with one attached hydrogen (secondary N) is 1. The van der Waals surface area contributed by atoms with Crippen LogP contribution in [0.2, 0.25) is 0 Å². The number of benzene rings is 1. The number of rotatable bonds is 7. The summed E-state index contributed by atoms with van der Waals surface area (Å²) in [5.74, 6) is 1.85. The summed E-state index contributed by atoms with van der Waals surface area (Å²) >= 11 is 0. The molecule has 0 aromatic heterocycles. The Morgan fingerprint density at radius 1 is 1.14 bits per heavy atom. The van der Waals surface area contributed by atoms with Crippen molar-refractivity contribution in [3.05, 3.63) is 23.8 Å². The van der Waals surface area contributed by atoms with Crippen molar-refractivity contribution in [1.82, 2.24) is 15.1 Å². The molecule has 2 saturated heterocycles. The van der Waals surface area contributed by atoms with E-state index < -0.39 is 0 Å². The van der Waals surface area contributed by atoms with Gasteiger partial charge in [-0.1, -0.05) is 13.8 Å². The Kier molecular flexibility index (Phi) is 7.18. The van der Waals surface area contributed by atoms with Crippen molar-refractivity contribution in [3.8, 4) is 11.5 Å². The molecule has 2 aliphatic heterocycles. The molecule has 6 nitrogen and oxygen atoms in total. The first kappa shape index (κ1) is 20.9. The third kappa shape index (κ3) is 4.97. The Balaban J connectivity index is 1.63. The summed E-state index contributed by atoms with van der Waals surface area (Å²) in [6.45, 7) is 7.67. The molecule has 1 aromatic rings. The summed E-state index contributed by atoms with van der Waals surface area (Å²) in [5, 5.41) is 3.61. The lowest BCUT2D eigenvalue weighted by Gasteiger charge is -2.35. The highest BCUT2D eigenvalue weighted by Gasteiger charge is 2.33. The van der Waals surface area contributed by atoms with Crippen molar-refractivity contribution in [1.29, 1.82) is 0 Å². The standard InChI is InChI=1S/C22H35N3O3/c1-16(2)23-17-9-12-24(13-10-17)15-22(26)25-11-5-6-20(25)19-14-18(27-3)7-8-21(19)28-4/h7-8,14,16-17,20,23H,5-6,9-13,15H2,1-4H3. The number of piperidine rings is 1. The SMILES string of the molecule is COc1ccc(OC)c(C2CCCN2C(=O)CN2CCC(NC(C)C)CC2)c1. The number of nitrogens with zero attached hydrogens (tertiary/aromatic N) is 2. The van der Waals surface area contributed by atoms with Crippen LogP contribution in [-0.4, -0.2) is 68.2 Å². The van der Waals surface area contributed by atoms with E-state index in [1.54, 1.807) is 14.2 Å². The number of likely N-dealkylation sites (tertiary alicyclic amines) is 2. The molecule has 2 heterocycles. The topological polar surface area (TPSA) is 54.0 Å². The highest BCUT2D eigenvalue weighted by molar-refractivity contribution is 5.79. The summed E-state index contributed by atoms with van der Waals surface area (Å²) in [6.07, 6.45) is 4.21. The summed E-state index contributed by atoms with van der Waals surface area (Å²) in [5.41, 5.74) is 1.05. The zero-order valence-corrected chi connectivity index (χ0v) is 17.7. The average Bonchev–Trinajstić information content (AvgIpc) is 3.18. The second-order valence-corrected chi connectivity index (χ2v) is 8.22. The van der Waals surface area contributed by atoms with Gasteiger partial charge in [-0.3, -0.25) is 9.69 Å². The minimum atomic E-state index is 0.0673. The Morgan fingerprint density at radius 2 is 1.89 bits per heavy atom. The fourth-order valence-corrected chi connectivity index (χ4v) is 4.50. The van der Waals surface area contributed by atoms with Crippen molar-refractivity contribution in [3.63, 3.8) is 0 Å². The van der Waals surface area contributed by atoms with E-state index >= 15 is 0 Å². The van der Waals surface area contributed by atoms with Gasteiger partial charge < -0.3 is 19.7 Å². The largest absolute Gasteiger partial charge is 0.497 e. The molecule has 0 saturated carbocycles. The second-order valence-electron chi connectivity index (χ2n) is 8.22. The molecule has 6 heteroatoms. The van der Waals surface area contributed by atoms with Gasteiger partial charge in [0.2, 0.25) is 5.91 Å². The zero-order valence-electron chi connectivity index (χ0n) is 17.7. The highest BCUT2D eigenvalue weighted by Crippen LogP contribution is 2.39. The maximum Gasteiger partial charge on any atom is 0.237 e. The third-order valence-electron chi connectivity index (χ3n) is 5.88. The number of carbonyl (C=O) groups is 1. The molecule has 1 atom stereocenters. The van der Waals surface area contributed by atoms with Gasteiger partial charge in [0.15, 0.2) is 0 Å². The van der Waals surface area contributed by atoms with Crippen LogP contribution in [0.4, 0.5) is 0 Å². The van der Waals surface area contributed by atoms with E-state index in [0.717, 1.165) is 62.4 Å². The van der Waals surface area contributed by atoms with Gasteiger partial charge in [0.05, 0.1) is 26.8 Å². The molecule has 3 rings (SSSR count). The number of hydrogen-bond acceptors (Lipinski definition) is 5. The fourth-order valence-electron chi connectivity index (χ4n) is 4.50. The lowest BCUT2D eigenvalue weighted by molar-refractivity contribution is -0.133. The first-order valence-electron chi connectivity index (χ1n) is 10.5. The third-order valence-corrected chi connectivity index (χ3v) is 5.88. The van der Waals surface area contributed by atoms with Crippen molar-refractivity contribution < 1.29 is 14.3 Å². The van der Waals surface area contributed by atoms with E-state index in [4.69, 9.17) is 9.47 Å². The van der Waals surface area contributed by atoms with Gasteiger partial charge in [0.1, 0.15) is 11.5 Å². The molecule has 0 bridgehead atoms. The van der Waals surface area contributed by atoms with Gasteiger partial charge in [0, 0.05) is 37.3 Å². The number of hydrogen-bond donors (Lipinski definition) is 1. The summed E-state index contributed by atoms with van der Waals surface area (Å²) in [7, 11) is 3.35. The summed E-state index contributed by atoms with van der Waals surface area (Å²) < 4.78 is 11.0. The predicted molar refractivity (Wildman–Crippen MR) is 111 cm³/mol. The van der Waals surface area contributed by atoms with Gasteiger partial charge in [-0.15, -0.1) is 0 Å². The molecule has 0 spiro atoms. The molecule has 1 unspecified atom stereocenters. The normalized spacial score (nSPS) is 21.3. The van der Waals surface area contributed by atoms with Gasteiger partial charge >= 0.3 is 0 Å². The van der Waals surface area contributed by atoms with Crippen LogP contribution < -0.4 is 14.8 Å². The van der Waals surface area contributed by atoms with Crippen LogP contribution >= 0.6 is 0 Å². The van der Waals surface area contributed by atoms with E-state index in [-0.39, 0.29) is 11.9 Å². The van der Waals surface area contributed by atoms with E-state index in [2.05, 4.69) is 24.1 Å². The minimum absolute atomic E-state index is 0.0673. The Morgan fingerprint density at radius 3 is 2.54 bits per heavy atom. The molecule has 2 aliphatic rings. The quantitative estimate of drug-likeness (QED) is 0.777. The molecular weight excluding hydrogens is 354 g/mol. The van der Waals surface area contributed by atoms with Crippen LogP contribution in [0.3, 0.4) is 0 Å². The average molecular weight is 390 g/mol. The number of ether oxygens (including phenoxy) is 2. The van der Waals surface area contributed by atoms with Crippen LogP contribution in [-0.2, 0) is 4.79 Å². The van der Waals surface area contributed by atoms with Gasteiger partial charge in [-0.25, -0.2) is 0 Å². The molecule has 156 valence electrons. The maximum atomic E-state index is 13.1. The lowest BCUT2D eigenvalue weighted by atomic mass is 10.0. The van der Waals surface area contributed by atoms with Crippen LogP contribution in [0.15, 0.2) is 18.2 Å². The van der Waals surface area contributed by atoms with Crippen LogP contribution in [0.1, 0.15) is 51.1 Å². The number of amides is 1. The minimum Gasteiger partial charge on any atom is -0.497 e. The molecule has 28 heavy (non-hydrogen) atoms. The molecule has 2 fully saturated rings. The molecule has 0 aliphatic carbocycles. The lowest BCUT2D eigenvalue weighted by Crippen LogP contribution is -2.48. The van der Waals surface area contributed by atoms with E-state index in [1.165, 1.54) is 0 Å². The van der Waals surface area contributed by atoms with E-state index in [9.17, 15) is 4.79 Å². The molecular formula is C22H35N3O3. The smallest absolute Gasteiger partial charge is 0.237 e. The first-order valence-corrected chi connectivity index (χ1v) is 10.5. The van der Waals surface area contributed by atoms with Gasteiger partial charge in [0.25, 0.3) is 0 Å². The first-order chi connectivity index (χ1) is 13.5. The van der Waals surface area contributed by atoms with Gasteiger partial charge in [-0.2, -0.15) is 0 Å². The Labute approximate surface area is 169 Å². The van der Waals surface area contributed by atoms with Gasteiger partial charge in [-0.05, 0) is 43.9 Å². The van der Waals surface area contributed by atoms with Crippen LogP contribution in [0.25, 0.3) is 0 Å². The zero-order chi connectivity index (χ0) is 20.1. The monoisotopic (exact) mass is 389 g/mol. The van der Waals surface area contributed by atoms with E-state index in [0.29, 0.717) is 18.6 Å².